The third-order valence-corrected chi connectivity index (χ3v) is 5.55. The number of benzene rings is 2. The molecular formula is C20H23FN2OS. The van der Waals surface area contributed by atoms with Gasteiger partial charge in [0.25, 0.3) is 0 Å². The van der Waals surface area contributed by atoms with Crippen molar-refractivity contribution in [3.05, 3.63) is 59.9 Å². The molecule has 0 spiro atoms. The molecule has 0 saturated carbocycles. The molecule has 2 aromatic carbocycles. The molecule has 0 atom stereocenters. The topological polar surface area (TPSA) is 23.6 Å². The third kappa shape index (κ3) is 4.54. The predicted molar refractivity (Wildman–Crippen MR) is 102 cm³/mol. The Kier molecular flexibility index (Phi) is 5.97. The zero-order valence-corrected chi connectivity index (χ0v) is 15.3. The number of piperazine rings is 1. The van der Waals surface area contributed by atoms with Gasteiger partial charge < -0.3 is 9.80 Å². The van der Waals surface area contributed by atoms with Crippen molar-refractivity contribution >= 4 is 23.4 Å². The molecule has 1 aliphatic heterocycles. The van der Waals surface area contributed by atoms with Gasteiger partial charge in [-0.1, -0.05) is 30.3 Å². The van der Waals surface area contributed by atoms with E-state index in [4.69, 9.17) is 0 Å². The van der Waals surface area contributed by atoms with Crippen molar-refractivity contribution in [1.29, 1.82) is 0 Å². The quantitative estimate of drug-likeness (QED) is 0.756. The fourth-order valence-electron chi connectivity index (χ4n) is 3.08. The summed E-state index contributed by atoms with van der Waals surface area (Å²) < 4.78 is 13.6. The second-order valence-corrected chi connectivity index (χ2v) is 7.32. The van der Waals surface area contributed by atoms with Crippen LogP contribution in [-0.4, -0.2) is 42.7 Å². The lowest BCUT2D eigenvalue weighted by Gasteiger charge is -2.36. The van der Waals surface area contributed by atoms with E-state index in [1.54, 1.807) is 12.1 Å². The lowest BCUT2D eigenvalue weighted by molar-refractivity contribution is -0.131. The zero-order valence-electron chi connectivity index (χ0n) is 14.5. The number of amides is 1. The largest absolute Gasteiger partial charge is 0.368 e. The van der Waals surface area contributed by atoms with Gasteiger partial charge >= 0.3 is 0 Å². The van der Waals surface area contributed by atoms with E-state index in [1.807, 2.05) is 17.0 Å². The molecule has 1 fully saturated rings. The molecule has 5 heteroatoms. The normalized spacial score (nSPS) is 14.6. The third-order valence-electron chi connectivity index (χ3n) is 4.50. The van der Waals surface area contributed by atoms with Gasteiger partial charge in [-0.15, -0.1) is 11.8 Å². The van der Waals surface area contributed by atoms with Crippen molar-refractivity contribution in [2.45, 2.75) is 18.2 Å². The summed E-state index contributed by atoms with van der Waals surface area (Å²) >= 11 is 1.41. The Morgan fingerprint density at radius 3 is 2.44 bits per heavy atom. The van der Waals surface area contributed by atoms with Gasteiger partial charge in [0.05, 0.1) is 0 Å². The summed E-state index contributed by atoms with van der Waals surface area (Å²) in [7, 11) is 0. The number of halogens is 1. The molecule has 132 valence electrons. The summed E-state index contributed by atoms with van der Waals surface area (Å²) in [5.41, 5.74) is 2.52. The highest BCUT2D eigenvalue weighted by atomic mass is 32.2. The van der Waals surface area contributed by atoms with Gasteiger partial charge in [-0.3, -0.25) is 4.79 Å². The first-order chi connectivity index (χ1) is 12.1. The molecule has 0 radical (unpaired) electrons. The summed E-state index contributed by atoms with van der Waals surface area (Å²) in [5, 5.41) is 0. The minimum atomic E-state index is -0.216. The van der Waals surface area contributed by atoms with Crippen LogP contribution in [0.25, 0.3) is 0 Å². The Labute approximate surface area is 152 Å². The molecule has 2 aromatic rings. The smallest absolute Gasteiger partial charge is 0.223 e. The summed E-state index contributed by atoms with van der Waals surface area (Å²) in [6.07, 6.45) is 0.448. The van der Waals surface area contributed by atoms with E-state index in [1.165, 1.54) is 29.1 Å². The maximum atomic E-state index is 13.6. The SMILES string of the molecule is Cc1ccccc1N1CCN(C(=O)CCSc2ccccc2F)CC1. The first-order valence-corrected chi connectivity index (χ1v) is 9.59. The van der Waals surface area contributed by atoms with Gasteiger partial charge in [0.2, 0.25) is 5.91 Å². The maximum absolute atomic E-state index is 13.6. The number of aryl methyl sites for hydroxylation is 1. The first-order valence-electron chi connectivity index (χ1n) is 8.61. The minimum Gasteiger partial charge on any atom is -0.368 e. The Bertz CT molecular complexity index is 729. The van der Waals surface area contributed by atoms with E-state index in [0.29, 0.717) is 17.1 Å². The van der Waals surface area contributed by atoms with E-state index in [2.05, 4.69) is 30.0 Å². The van der Waals surface area contributed by atoms with Crippen LogP contribution in [0, 0.1) is 12.7 Å². The van der Waals surface area contributed by atoms with E-state index < -0.39 is 0 Å². The monoisotopic (exact) mass is 358 g/mol. The molecule has 1 heterocycles. The van der Waals surface area contributed by atoms with Gasteiger partial charge in [-0.2, -0.15) is 0 Å². The van der Waals surface area contributed by atoms with E-state index >= 15 is 0 Å². The standard InChI is InChI=1S/C20H23FN2OS/c1-16-6-2-4-8-18(16)22-11-13-23(14-12-22)20(24)10-15-25-19-9-5-3-7-17(19)21/h2-9H,10-15H2,1H3. The summed E-state index contributed by atoms with van der Waals surface area (Å²) in [5.74, 6) is 0.553. The first kappa shape index (κ1) is 17.8. The minimum absolute atomic E-state index is 0.160. The Balaban J connectivity index is 1.46. The van der Waals surface area contributed by atoms with Crippen LogP contribution in [0.1, 0.15) is 12.0 Å². The van der Waals surface area contributed by atoms with Crippen molar-refractivity contribution in [1.82, 2.24) is 4.90 Å². The van der Waals surface area contributed by atoms with Crippen LogP contribution in [0.2, 0.25) is 0 Å². The number of carbonyl (C=O) groups excluding carboxylic acids is 1. The molecule has 0 aromatic heterocycles. The summed E-state index contributed by atoms with van der Waals surface area (Å²) in [4.78, 5) is 17.3. The molecule has 0 N–H and O–H groups in total. The predicted octanol–water partition coefficient (Wildman–Crippen LogP) is 3.97. The molecule has 3 nitrogen and oxygen atoms in total. The number of hydrogen-bond acceptors (Lipinski definition) is 3. The zero-order chi connectivity index (χ0) is 17.6. The number of anilines is 1. The van der Waals surface area contributed by atoms with Crippen LogP contribution in [0.4, 0.5) is 10.1 Å². The number of nitrogens with zero attached hydrogens (tertiary/aromatic N) is 2. The average molecular weight is 358 g/mol. The molecule has 0 unspecified atom stereocenters. The van der Waals surface area contributed by atoms with Crippen molar-refractivity contribution in [3.63, 3.8) is 0 Å². The number of thioether (sulfide) groups is 1. The fourth-order valence-corrected chi connectivity index (χ4v) is 3.96. The molecule has 3 rings (SSSR count). The highest BCUT2D eigenvalue weighted by molar-refractivity contribution is 7.99. The molecule has 1 amide bonds. The van der Waals surface area contributed by atoms with Crippen molar-refractivity contribution in [2.24, 2.45) is 0 Å². The number of hydrogen-bond donors (Lipinski definition) is 0. The van der Waals surface area contributed by atoms with Gasteiger partial charge in [-0.25, -0.2) is 4.39 Å². The second-order valence-electron chi connectivity index (χ2n) is 6.18. The number of carbonyl (C=O) groups is 1. The highest BCUT2D eigenvalue weighted by Gasteiger charge is 2.21. The van der Waals surface area contributed by atoms with Gasteiger partial charge in [0, 0.05) is 48.9 Å². The van der Waals surface area contributed by atoms with Gasteiger partial charge in [0.15, 0.2) is 0 Å². The second kappa shape index (κ2) is 8.39. The number of rotatable bonds is 5. The Morgan fingerprint density at radius 1 is 1.04 bits per heavy atom. The van der Waals surface area contributed by atoms with Crippen LogP contribution in [0.3, 0.4) is 0 Å². The molecule has 0 aliphatic carbocycles. The van der Waals surface area contributed by atoms with Crippen LogP contribution < -0.4 is 4.90 Å². The van der Waals surface area contributed by atoms with E-state index in [9.17, 15) is 9.18 Å². The Hall–Kier alpha value is -2.01. The van der Waals surface area contributed by atoms with Crippen LogP contribution in [0.15, 0.2) is 53.4 Å². The number of para-hydroxylation sites is 1. The lowest BCUT2D eigenvalue weighted by atomic mass is 10.1. The maximum Gasteiger partial charge on any atom is 0.223 e. The lowest BCUT2D eigenvalue weighted by Crippen LogP contribution is -2.49. The Morgan fingerprint density at radius 2 is 1.72 bits per heavy atom. The molecule has 1 aliphatic rings. The van der Waals surface area contributed by atoms with E-state index in [-0.39, 0.29) is 11.7 Å². The van der Waals surface area contributed by atoms with Crippen molar-refractivity contribution < 1.29 is 9.18 Å². The van der Waals surface area contributed by atoms with Gasteiger partial charge in [0.1, 0.15) is 5.82 Å². The summed E-state index contributed by atoms with van der Waals surface area (Å²) in [6.45, 7) is 5.33. The molecule has 0 bridgehead atoms. The molecular weight excluding hydrogens is 335 g/mol. The van der Waals surface area contributed by atoms with Crippen molar-refractivity contribution in [3.8, 4) is 0 Å². The van der Waals surface area contributed by atoms with Gasteiger partial charge in [-0.05, 0) is 30.7 Å². The van der Waals surface area contributed by atoms with Crippen LogP contribution in [0.5, 0.6) is 0 Å². The highest BCUT2D eigenvalue weighted by Crippen LogP contribution is 2.23. The molecule has 1 saturated heterocycles. The molecule has 25 heavy (non-hydrogen) atoms. The summed E-state index contributed by atoms with van der Waals surface area (Å²) in [6, 6.07) is 15.1. The average Bonchev–Trinajstić information content (AvgIpc) is 2.64. The fraction of sp³-hybridized carbons (Fsp3) is 0.350. The van der Waals surface area contributed by atoms with Crippen molar-refractivity contribution in [2.75, 3.05) is 36.8 Å². The van der Waals surface area contributed by atoms with Crippen LogP contribution in [-0.2, 0) is 4.79 Å². The van der Waals surface area contributed by atoms with E-state index in [0.717, 1.165) is 26.2 Å². The van der Waals surface area contributed by atoms with Crippen LogP contribution >= 0.6 is 11.8 Å².